The van der Waals surface area contributed by atoms with Crippen LogP contribution >= 0.6 is 0 Å². The van der Waals surface area contributed by atoms with Gasteiger partial charge in [-0.25, -0.2) is 4.79 Å². The number of nitrogens with one attached hydrogen (secondary N) is 3. The highest BCUT2D eigenvalue weighted by Crippen LogP contribution is 2.57. The molecule has 2 aliphatic carbocycles. The Labute approximate surface area is 215 Å². The summed E-state index contributed by atoms with van der Waals surface area (Å²) in [5.41, 5.74) is -1.42. The van der Waals surface area contributed by atoms with E-state index in [0.29, 0.717) is 5.70 Å². The van der Waals surface area contributed by atoms with Crippen LogP contribution in [-0.4, -0.2) is 52.7 Å². The van der Waals surface area contributed by atoms with E-state index in [2.05, 4.69) is 16.0 Å². The first kappa shape index (κ1) is 26.2. The van der Waals surface area contributed by atoms with Gasteiger partial charge in [-0.15, -0.1) is 0 Å². The smallest absolute Gasteiger partial charge is 0.315 e. The van der Waals surface area contributed by atoms with E-state index in [0.717, 1.165) is 25.7 Å². The van der Waals surface area contributed by atoms with E-state index in [1.807, 2.05) is 0 Å². The molecule has 1 aliphatic heterocycles. The van der Waals surface area contributed by atoms with Crippen LogP contribution in [0.4, 0.5) is 4.79 Å². The van der Waals surface area contributed by atoms with Crippen molar-refractivity contribution in [1.82, 2.24) is 16.0 Å². The summed E-state index contributed by atoms with van der Waals surface area (Å²) in [6, 6.07) is -0.0641. The maximum Gasteiger partial charge on any atom is 0.315 e. The van der Waals surface area contributed by atoms with E-state index in [9.17, 15) is 29.4 Å². The number of carbonyl (C=O) groups is 4. The second-order valence-electron chi connectivity index (χ2n) is 10.0. The third kappa shape index (κ3) is 4.45. The van der Waals surface area contributed by atoms with Gasteiger partial charge in [-0.1, -0.05) is 19.3 Å². The van der Waals surface area contributed by atoms with E-state index in [1.54, 1.807) is 6.92 Å². The number of hydrogen-bond donors (Lipinski definition) is 5. The molecule has 1 aromatic rings. The predicted molar refractivity (Wildman–Crippen MR) is 135 cm³/mol. The zero-order valence-corrected chi connectivity index (χ0v) is 21.5. The number of carbonyl (C=O) groups excluding carboxylic acids is 4. The maximum atomic E-state index is 13.8. The van der Waals surface area contributed by atoms with Gasteiger partial charge in [0.2, 0.25) is 0 Å². The van der Waals surface area contributed by atoms with Gasteiger partial charge >= 0.3 is 6.03 Å². The number of hydrogen-bond acceptors (Lipinski definition) is 8. The minimum absolute atomic E-state index is 0.0158. The highest BCUT2D eigenvalue weighted by Gasteiger charge is 2.56. The lowest BCUT2D eigenvalue weighted by atomic mass is 9.70. The summed E-state index contributed by atoms with van der Waals surface area (Å²) in [7, 11) is 0. The maximum absolute atomic E-state index is 13.8. The summed E-state index contributed by atoms with van der Waals surface area (Å²) in [6.07, 6.45) is 6.55. The monoisotopic (exact) mass is 511 g/mol. The standard InChI is InChI=1S/C27H33N3O7/c1-13-22(33)20(15(3)31)24-21(23(13)34)27(4)18(37-24)12-17(32)19(25(27)35)14(2)28-10-11-29-26(36)30-16-8-6-5-7-9-16/h12,16,28,33-34H,5-11H2,1-4H3,(H2,29,30,36)/t27-/m0/s1. The summed E-state index contributed by atoms with van der Waals surface area (Å²) >= 11 is 0. The molecule has 10 nitrogen and oxygen atoms in total. The van der Waals surface area contributed by atoms with Crippen LogP contribution in [0.25, 0.3) is 0 Å². The normalized spacial score (nSPS) is 22.4. The number of allylic oxidation sites excluding steroid dienone is 4. The van der Waals surface area contributed by atoms with E-state index in [1.165, 1.54) is 33.3 Å². The Morgan fingerprint density at radius 3 is 2.35 bits per heavy atom. The quantitative estimate of drug-likeness (QED) is 0.169. The largest absolute Gasteiger partial charge is 0.507 e. The number of phenols is 2. The van der Waals surface area contributed by atoms with Crippen molar-refractivity contribution in [2.45, 2.75) is 71.3 Å². The van der Waals surface area contributed by atoms with Crippen molar-refractivity contribution in [2.24, 2.45) is 0 Å². The minimum Gasteiger partial charge on any atom is -0.507 e. The minimum atomic E-state index is -1.56. The number of urea groups is 1. The first-order valence-electron chi connectivity index (χ1n) is 12.6. The molecule has 1 saturated carbocycles. The fourth-order valence-corrected chi connectivity index (χ4v) is 5.36. The molecule has 2 amide bonds. The van der Waals surface area contributed by atoms with Crippen molar-refractivity contribution >= 4 is 23.4 Å². The van der Waals surface area contributed by atoms with Crippen molar-refractivity contribution < 1.29 is 34.1 Å². The summed E-state index contributed by atoms with van der Waals surface area (Å²) in [4.78, 5) is 51.1. The van der Waals surface area contributed by atoms with Crippen LogP contribution in [0, 0.1) is 6.92 Å². The molecular weight excluding hydrogens is 478 g/mol. The fourth-order valence-electron chi connectivity index (χ4n) is 5.36. The fraction of sp³-hybridized carbons (Fsp3) is 0.481. The lowest BCUT2D eigenvalue weighted by Crippen LogP contribution is -2.45. The van der Waals surface area contributed by atoms with Crippen LogP contribution in [0.15, 0.2) is 23.1 Å². The molecule has 3 aliphatic rings. The third-order valence-corrected chi connectivity index (χ3v) is 7.50. The van der Waals surface area contributed by atoms with Gasteiger partial charge < -0.3 is 30.9 Å². The number of ether oxygens (including phenoxy) is 1. The van der Waals surface area contributed by atoms with Gasteiger partial charge in [0, 0.05) is 36.5 Å². The average molecular weight is 512 g/mol. The average Bonchev–Trinajstić information content (AvgIpc) is 3.14. The lowest BCUT2D eigenvalue weighted by Gasteiger charge is -2.29. The second-order valence-corrected chi connectivity index (χ2v) is 10.0. The Morgan fingerprint density at radius 2 is 1.70 bits per heavy atom. The Morgan fingerprint density at radius 1 is 1.05 bits per heavy atom. The highest BCUT2D eigenvalue weighted by atomic mass is 16.5. The van der Waals surface area contributed by atoms with Crippen molar-refractivity contribution in [1.29, 1.82) is 0 Å². The van der Waals surface area contributed by atoms with Gasteiger partial charge in [0.25, 0.3) is 0 Å². The first-order valence-corrected chi connectivity index (χ1v) is 12.6. The summed E-state index contributed by atoms with van der Waals surface area (Å²) in [6.45, 7) is 6.34. The lowest BCUT2D eigenvalue weighted by molar-refractivity contribution is -0.123. The van der Waals surface area contributed by atoms with E-state index < -0.39 is 28.5 Å². The molecular formula is C27H33N3O7. The number of aromatic hydroxyl groups is 2. The molecule has 1 aromatic carbocycles. The molecule has 10 heteroatoms. The number of phenolic OH excluding ortho intramolecular Hbond substituents is 2. The number of Topliss-reactive ketones (excluding diaryl/α,β-unsaturated/α-hetero) is 2. The number of fused-ring (bicyclic) bond motifs is 3. The van der Waals surface area contributed by atoms with Gasteiger partial charge in [-0.2, -0.15) is 0 Å². The Hall–Kier alpha value is -3.82. The Bertz CT molecular complexity index is 1260. The van der Waals surface area contributed by atoms with E-state index in [4.69, 9.17) is 4.74 Å². The number of amides is 2. The molecule has 1 atom stereocenters. The molecule has 0 unspecified atom stereocenters. The summed E-state index contributed by atoms with van der Waals surface area (Å²) < 4.78 is 5.76. The predicted octanol–water partition coefficient (Wildman–Crippen LogP) is 2.79. The van der Waals surface area contributed by atoms with Crippen LogP contribution in [-0.2, 0) is 15.0 Å². The molecule has 5 N–H and O–H groups in total. The van der Waals surface area contributed by atoms with Crippen LogP contribution in [0.5, 0.6) is 17.2 Å². The highest BCUT2D eigenvalue weighted by molar-refractivity contribution is 6.31. The third-order valence-electron chi connectivity index (χ3n) is 7.50. The Balaban J connectivity index is 1.54. The Kier molecular flexibility index (Phi) is 7.03. The van der Waals surface area contributed by atoms with Gasteiger partial charge in [0.15, 0.2) is 17.3 Å². The van der Waals surface area contributed by atoms with Gasteiger partial charge in [-0.3, -0.25) is 14.4 Å². The van der Waals surface area contributed by atoms with Crippen molar-refractivity contribution in [3.05, 3.63) is 39.8 Å². The number of ketones is 3. The molecule has 1 heterocycles. The topological polar surface area (TPSA) is 154 Å². The zero-order chi connectivity index (χ0) is 27.1. The van der Waals surface area contributed by atoms with Crippen molar-refractivity contribution in [3.63, 3.8) is 0 Å². The number of benzene rings is 1. The molecule has 0 radical (unpaired) electrons. The van der Waals surface area contributed by atoms with Gasteiger partial charge in [-0.05, 0) is 40.5 Å². The number of rotatable bonds is 6. The van der Waals surface area contributed by atoms with Gasteiger partial charge in [0.05, 0.1) is 11.1 Å². The molecule has 37 heavy (non-hydrogen) atoms. The van der Waals surface area contributed by atoms with Crippen LogP contribution in [0.3, 0.4) is 0 Å². The first-order chi connectivity index (χ1) is 17.5. The van der Waals surface area contributed by atoms with E-state index in [-0.39, 0.29) is 64.7 Å². The van der Waals surface area contributed by atoms with Gasteiger partial charge in [0.1, 0.15) is 34.0 Å². The van der Waals surface area contributed by atoms with E-state index >= 15 is 0 Å². The van der Waals surface area contributed by atoms with Crippen LogP contribution < -0.4 is 20.7 Å². The van der Waals surface area contributed by atoms with Crippen LogP contribution in [0.2, 0.25) is 0 Å². The molecule has 0 spiro atoms. The molecule has 4 rings (SSSR count). The molecule has 0 aromatic heterocycles. The van der Waals surface area contributed by atoms with Crippen LogP contribution in [0.1, 0.15) is 74.4 Å². The SMILES string of the molecule is CC(=O)c1c(O)c(C)c(O)c2c1OC1=CC(=O)C(=C(C)NCCNC(=O)NC3CCCCC3)C(=O)[C@@]12C. The molecule has 198 valence electrons. The zero-order valence-electron chi connectivity index (χ0n) is 21.5. The van der Waals surface area contributed by atoms with Crippen molar-refractivity contribution in [3.8, 4) is 17.2 Å². The van der Waals surface area contributed by atoms with Crippen molar-refractivity contribution in [2.75, 3.05) is 13.1 Å². The molecule has 0 bridgehead atoms. The molecule has 0 saturated heterocycles. The molecule has 1 fully saturated rings. The second kappa shape index (κ2) is 9.91. The summed E-state index contributed by atoms with van der Waals surface area (Å²) in [5.74, 6) is -2.63. The summed E-state index contributed by atoms with van der Waals surface area (Å²) in [5, 5.41) is 30.1.